The van der Waals surface area contributed by atoms with Gasteiger partial charge in [0.05, 0.1) is 13.0 Å². The van der Waals surface area contributed by atoms with Crippen LogP contribution >= 0.6 is 11.8 Å². The van der Waals surface area contributed by atoms with Crippen molar-refractivity contribution in [1.29, 1.82) is 0 Å². The molecule has 1 aliphatic rings. The molecule has 0 aliphatic heterocycles. The van der Waals surface area contributed by atoms with E-state index >= 15 is 0 Å². The SMILES string of the molecule is CCCCC(CC)COC(=O)CCSC1C=C(C)CCC1C(C)C. The van der Waals surface area contributed by atoms with E-state index in [9.17, 15) is 4.79 Å². The first-order valence-electron chi connectivity index (χ1n) is 9.92. The molecule has 0 aromatic heterocycles. The molecule has 3 unspecified atom stereocenters. The van der Waals surface area contributed by atoms with E-state index in [1.54, 1.807) is 0 Å². The molecule has 0 spiro atoms. The highest BCUT2D eigenvalue weighted by molar-refractivity contribution is 8.00. The lowest BCUT2D eigenvalue weighted by atomic mass is 9.82. The topological polar surface area (TPSA) is 26.3 Å². The van der Waals surface area contributed by atoms with Crippen molar-refractivity contribution < 1.29 is 9.53 Å². The van der Waals surface area contributed by atoms with Crippen LogP contribution in [0, 0.1) is 17.8 Å². The average Bonchev–Trinajstić information content (AvgIpc) is 2.55. The first kappa shape index (κ1) is 21.6. The lowest BCUT2D eigenvalue weighted by Crippen LogP contribution is -2.25. The largest absolute Gasteiger partial charge is 0.465 e. The molecule has 0 aromatic rings. The summed E-state index contributed by atoms with van der Waals surface area (Å²) in [7, 11) is 0. The standard InChI is InChI=1S/C21H38O2S/c1-6-8-9-18(7-2)15-23-21(22)12-13-24-20-14-17(5)10-11-19(20)16(3)4/h14,16,18-20H,6-13,15H2,1-5H3. The number of ether oxygens (including phenoxy) is 1. The molecule has 0 aromatic carbocycles. The molecule has 0 amide bonds. The molecule has 2 nitrogen and oxygen atoms in total. The monoisotopic (exact) mass is 354 g/mol. The van der Waals surface area contributed by atoms with Crippen LogP contribution in [0.25, 0.3) is 0 Å². The van der Waals surface area contributed by atoms with Crippen LogP contribution in [0.15, 0.2) is 11.6 Å². The zero-order chi connectivity index (χ0) is 17.9. The molecule has 24 heavy (non-hydrogen) atoms. The molecule has 3 atom stereocenters. The van der Waals surface area contributed by atoms with Crippen LogP contribution in [-0.2, 0) is 9.53 Å². The van der Waals surface area contributed by atoms with E-state index in [1.165, 1.54) is 37.7 Å². The number of hydrogen-bond acceptors (Lipinski definition) is 3. The van der Waals surface area contributed by atoms with Gasteiger partial charge in [0.15, 0.2) is 0 Å². The predicted octanol–water partition coefficient (Wildman–Crippen LogP) is 6.25. The number of unbranched alkanes of at least 4 members (excludes halogenated alkanes) is 1. The molecule has 0 heterocycles. The van der Waals surface area contributed by atoms with Gasteiger partial charge in [-0.1, -0.05) is 58.6 Å². The number of carbonyl (C=O) groups excluding carboxylic acids is 1. The Labute approximate surface area is 154 Å². The maximum absolute atomic E-state index is 12.0. The second-order valence-electron chi connectivity index (χ2n) is 7.64. The van der Waals surface area contributed by atoms with E-state index in [-0.39, 0.29) is 5.97 Å². The van der Waals surface area contributed by atoms with Gasteiger partial charge in [-0.05, 0) is 43.9 Å². The molecule has 0 fully saturated rings. The van der Waals surface area contributed by atoms with E-state index in [0.29, 0.717) is 30.1 Å². The molecule has 0 N–H and O–H groups in total. The molecule has 0 saturated heterocycles. The minimum absolute atomic E-state index is 0.0185. The molecular formula is C21H38O2S. The second kappa shape index (κ2) is 12.0. The van der Waals surface area contributed by atoms with E-state index in [4.69, 9.17) is 4.74 Å². The van der Waals surface area contributed by atoms with E-state index in [1.807, 2.05) is 11.8 Å². The molecule has 3 heteroatoms. The van der Waals surface area contributed by atoms with Crippen LogP contribution in [0.5, 0.6) is 0 Å². The van der Waals surface area contributed by atoms with Crippen LogP contribution in [0.2, 0.25) is 0 Å². The molecule has 0 radical (unpaired) electrons. The summed E-state index contributed by atoms with van der Waals surface area (Å²) in [6.07, 6.45) is 10.2. The molecule has 1 rings (SSSR count). The van der Waals surface area contributed by atoms with Crippen molar-refractivity contribution in [3.8, 4) is 0 Å². The third kappa shape index (κ3) is 8.09. The highest BCUT2D eigenvalue weighted by Gasteiger charge is 2.26. The third-order valence-corrected chi connectivity index (χ3v) is 6.55. The zero-order valence-corrected chi connectivity index (χ0v) is 17.3. The van der Waals surface area contributed by atoms with Gasteiger partial charge in [-0.15, -0.1) is 0 Å². The first-order chi connectivity index (χ1) is 11.5. The lowest BCUT2D eigenvalue weighted by Gasteiger charge is -2.32. The Hall–Kier alpha value is -0.440. The Morgan fingerprint density at radius 2 is 2.12 bits per heavy atom. The molecule has 0 bridgehead atoms. The van der Waals surface area contributed by atoms with Crippen molar-refractivity contribution in [2.45, 2.75) is 84.8 Å². The van der Waals surface area contributed by atoms with E-state index in [0.717, 1.165) is 18.1 Å². The maximum Gasteiger partial charge on any atom is 0.306 e. The Kier molecular flexibility index (Phi) is 10.8. The zero-order valence-electron chi connectivity index (χ0n) is 16.5. The summed E-state index contributed by atoms with van der Waals surface area (Å²) in [4.78, 5) is 12.0. The number of esters is 1. The summed E-state index contributed by atoms with van der Waals surface area (Å²) in [6, 6.07) is 0. The Balaban J connectivity index is 2.29. The first-order valence-corrected chi connectivity index (χ1v) is 11.0. The van der Waals surface area contributed by atoms with Gasteiger partial charge in [0, 0.05) is 11.0 Å². The number of hydrogen-bond donors (Lipinski definition) is 0. The summed E-state index contributed by atoms with van der Waals surface area (Å²) in [5.41, 5.74) is 1.51. The maximum atomic E-state index is 12.0. The number of allylic oxidation sites excluding steroid dienone is 1. The summed E-state index contributed by atoms with van der Waals surface area (Å²) in [5, 5.41) is 0.569. The lowest BCUT2D eigenvalue weighted by molar-refractivity contribution is -0.144. The van der Waals surface area contributed by atoms with Gasteiger partial charge < -0.3 is 4.74 Å². The quantitative estimate of drug-likeness (QED) is 0.324. The van der Waals surface area contributed by atoms with Crippen LogP contribution in [0.3, 0.4) is 0 Å². The van der Waals surface area contributed by atoms with Gasteiger partial charge in [0.2, 0.25) is 0 Å². The summed E-state index contributed by atoms with van der Waals surface area (Å²) < 4.78 is 5.51. The molecule has 140 valence electrons. The van der Waals surface area contributed by atoms with Crippen LogP contribution in [0.4, 0.5) is 0 Å². The normalized spacial score (nSPS) is 22.3. The van der Waals surface area contributed by atoms with E-state index in [2.05, 4.69) is 40.7 Å². The van der Waals surface area contributed by atoms with Crippen molar-refractivity contribution in [3.05, 3.63) is 11.6 Å². The number of carbonyl (C=O) groups is 1. The van der Waals surface area contributed by atoms with E-state index < -0.39 is 0 Å². The summed E-state index contributed by atoms with van der Waals surface area (Å²) >= 11 is 1.94. The Morgan fingerprint density at radius 1 is 1.38 bits per heavy atom. The van der Waals surface area contributed by atoms with Crippen molar-refractivity contribution in [2.75, 3.05) is 12.4 Å². The smallest absolute Gasteiger partial charge is 0.306 e. The van der Waals surface area contributed by atoms with Crippen LogP contribution in [-0.4, -0.2) is 23.6 Å². The third-order valence-electron chi connectivity index (χ3n) is 5.24. The van der Waals surface area contributed by atoms with Crippen molar-refractivity contribution in [2.24, 2.45) is 17.8 Å². The van der Waals surface area contributed by atoms with Gasteiger partial charge in [-0.2, -0.15) is 11.8 Å². The van der Waals surface area contributed by atoms with Crippen LogP contribution in [0.1, 0.15) is 79.6 Å². The van der Waals surface area contributed by atoms with Gasteiger partial charge in [-0.25, -0.2) is 0 Å². The van der Waals surface area contributed by atoms with Gasteiger partial charge in [0.1, 0.15) is 0 Å². The summed E-state index contributed by atoms with van der Waals surface area (Å²) in [6.45, 7) is 11.9. The number of thioether (sulfide) groups is 1. The predicted molar refractivity (Wildman–Crippen MR) is 106 cm³/mol. The molecular weight excluding hydrogens is 316 g/mol. The fourth-order valence-electron chi connectivity index (χ4n) is 3.39. The summed E-state index contributed by atoms with van der Waals surface area (Å²) in [5.74, 6) is 2.85. The van der Waals surface area contributed by atoms with Gasteiger partial charge in [-0.3, -0.25) is 4.79 Å². The minimum Gasteiger partial charge on any atom is -0.465 e. The van der Waals surface area contributed by atoms with Gasteiger partial charge >= 0.3 is 5.97 Å². The fourth-order valence-corrected chi connectivity index (χ4v) is 4.97. The second-order valence-corrected chi connectivity index (χ2v) is 8.93. The highest BCUT2D eigenvalue weighted by atomic mass is 32.2. The Bertz CT molecular complexity index is 389. The van der Waals surface area contributed by atoms with Crippen LogP contribution < -0.4 is 0 Å². The Morgan fingerprint density at radius 3 is 2.75 bits per heavy atom. The molecule has 1 aliphatic carbocycles. The van der Waals surface area contributed by atoms with Crippen molar-refractivity contribution >= 4 is 17.7 Å². The minimum atomic E-state index is -0.0185. The average molecular weight is 355 g/mol. The molecule has 0 saturated carbocycles. The van der Waals surface area contributed by atoms with Crippen molar-refractivity contribution in [3.63, 3.8) is 0 Å². The fraction of sp³-hybridized carbons (Fsp3) is 0.857. The van der Waals surface area contributed by atoms with Crippen molar-refractivity contribution in [1.82, 2.24) is 0 Å². The van der Waals surface area contributed by atoms with Gasteiger partial charge in [0.25, 0.3) is 0 Å². The number of rotatable bonds is 11. The highest BCUT2D eigenvalue weighted by Crippen LogP contribution is 2.36.